The van der Waals surface area contributed by atoms with Crippen molar-refractivity contribution in [2.75, 3.05) is 4.90 Å². The molecule has 2 aromatic heterocycles. The van der Waals surface area contributed by atoms with Crippen LogP contribution in [0, 0.1) is 11.6 Å². The molecule has 0 unspecified atom stereocenters. The number of hydrogen-bond donors (Lipinski definition) is 0. The summed E-state index contributed by atoms with van der Waals surface area (Å²) in [7, 11) is 0. The van der Waals surface area contributed by atoms with Gasteiger partial charge in [-0.1, -0.05) is 28.9 Å². The van der Waals surface area contributed by atoms with Crippen LogP contribution < -0.4 is 4.90 Å². The molecule has 6 nitrogen and oxygen atoms in total. The van der Waals surface area contributed by atoms with Gasteiger partial charge in [-0.3, -0.25) is 4.79 Å². The lowest BCUT2D eigenvalue weighted by molar-refractivity contribution is -0.116. The molecular weight excluding hydrogens is 414 g/mol. The number of halogens is 3. The van der Waals surface area contributed by atoms with Crippen LogP contribution >= 0.6 is 11.6 Å². The van der Waals surface area contributed by atoms with Crippen molar-refractivity contribution in [1.29, 1.82) is 0 Å². The number of rotatable bonds is 4. The maximum atomic E-state index is 14.5. The van der Waals surface area contributed by atoms with E-state index in [1.807, 2.05) is 0 Å². The molecule has 0 aliphatic rings. The summed E-state index contributed by atoms with van der Waals surface area (Å²) < 4.78 is 33.4. The number of nitrogens with zero attached hydrogens (tertiary/aromatic N) is 4. The second-order valence-corrected chi connectivity index (χ2v) is 6.64. The zero-order chi connectivity index (χ0) is 21.3. The fourth-order valence-electron chi connectivity index (χ4n) is 3.02. The Balaban J connectivity index is 2.00. The van der Waals surface area contributed by atoms with E-state index in [0.717, 1.165) is 12.1 Å². The molecule has 1 amide bonds. The van der Waals surface area contributed by atoms with E-state index in [4.69, 9.17) is 16.1 Å². The Morgan fingerprint density at radius 2 is 1.93 bits per heavy atom. The Labute approximate surface area is 174 Å². The maximum absolute atomic E-state index is 14.5. The van der Waals surface area contributed by atoms with Gasteiger partial charge in [-0.25, -0.2) is 23.6 Å². The third kappa shape index (κ3) is 3.53. The zero-order valence-corrected chi connectivity index (χ0v) is 16.3. The largest absolute Gasteiger partial charge is 0.336 e. The fraction of sp³-hybridized carbons (Fsp3) is 0.0476. The quantitative estimate of drug-likeness (QED) is 0.436. The molecule has 150 valence electrons. The maximum Gasteiger partial charge on any atom is 0.248 e. The summed E-state index contributed by atoms with van der Waals surface area (Å²) in [5.74, 6) is -1.99. The monoisotopic (exact) mass is 426 g/mol. The van der Waals surface area contributed by atoms with Gasteiger partial charge in [0.1, 0.15) is 23.7 Å². The van der Waals surface area contributed by atoms with E-state index in [1.54, 1.807) is 30.3 Å². The molecule has 0 atom stereocenters. The molecular formula is C21H13ClF2N4O2. The van der Waals surface area contributed by atoms with Crippen molar-refractivity contribution in [3.05, 3.63) is 77.7 Å². The van der Waals surface area contributed by atoms with Crippen molar-refractivity contribution in [2.24, 2.45) is 0 Å². The summed E-state index contributed by atoms with van der Waals surface area (Å²) in [6.07, 6.45) is 2.78. The van der Waals surface area contributed by atoms with E-state index in [0.29, 0.717) is 16.4 Å². The van der Waals surface area contributed by atoms with E-state index in [-0.39, 0.29) is 22.7 Å². The first-order valence-electron chi connectivity index (χ1n) is 8.74. The van der Waals surface area contributed by atoms with Gasteiger partial charge in [-0.15, -0.1) is 0 Å². The highest BCUT2D eigenvalue weighted by Gasteiger charge is 2.30. The predicted octanol–water partition coefficient (Wildman–Crippen LogP) is 5.41. The first-order chi connectivity index (χ1) is 14.5. The van der Waals surface area contributed by atoms with Crippen LogP contribution in [0.15, 0.2) is 65.6 Å². The van der Waals surface area contributed by atoms with Gasteiger partial charge in [0.25, 0.3) is 0 Å². The standard InChI is InChI=1S/C21H13ClF2N4O2/c1-12(29)28(18-5-3-2-4-15(18)22)21-19(17-8-9-25-11-26-17)20(27-30-21)14-7-6-13(23)10-16(14)24/h2-11H,1H3. The summed E-state index contributed by atoms with van der Waals surface area (Å²) in [5, 5.41) is 4.28. The molecule has 2 aromatic carbocycles. The van der Waals surface area contributed by atoms with Crippen LogP contribution in [0.4, 0.5) is 20.4 Å². The summed E-state index contributed by atoms with van der Waals surface area (Å²) in [6, 6.07) is 11.3. The Kier molecular flexibility index (Phi) is 5.24. The zero-order valence-electron chi connectivity index (χ0n) is 15.5. The van der Waals surface area contributed by atoms with Gasteiger partial charge < -0.3 is 4.52 Å². The van der Waals surface area contributed by atoms with Crippen molar-refractivity contribution < 1.29 is 18.1 Å². The highest BCUT2D eigenvalue weighted by Crippen LogP contribution is 2.43. The van der Waals surface area contributed by atoms with Crippen molar-refractivity contribution in [3.8, 4) is 22.5 Å². The van der Waals surface area contributed by atoms with Gasteiger partial charge >= 0.3 is 0 Å². The van der Waals surface area contributed by atoms with Crippen LogP contribution in [0.25, 0.3) is 22.5 Å². The lowest BCUT2D eigenvalue weighted by Gasteiger charge is -2.20. The Morgan fingerprint density at radius 1 is 1.13 bits per heavy atom. The molecule has 0 saturated heterocycles. The number of carbonyl (C=O) groups excluding carboxylic acids is 1. The molecule has 0 spiro atoms. The number of amides is 1. The van der Waals surface area contributed by atoms with Gasteiger partial charge in [0.2, 0.25) is 11.8 Å². The number of benzene rings is 2. The molecule has 0 saturated carbocycles. The van der Waals surface area contributed by atoms with Crippen molar-refractivity contribution >= 4 is 29.1 Å². The van der Waals surface area contributed by atoms with Crippen molar-refractivity contribution in [1.82, 2.24) is 15.1 Å². The third-order valence-corrected chi connectivity index (χ3v) is 4.63. The Morgan fingerprint density at radius 3 is 2.60 bits per heavy atom. The fourth-order valence-corrected chi connectivity index (χ4v) is 3.24. The molecule has 30 heavy (non-hydrogen) atoms. The minimum Gasteiger partial charge on any atom is -0.336 e. The number of aromatic nitrogens is 3. The van der Waals surface area contributed by atoms with Crippen LogP contribution in [0.5, 0.6) is 0 Å². The molecule has 0 radical (unpaired) electrons. The third-order valence-electron chi connectivity index (χ3n) is 4.31. The van der Waals surface area contributed by atoms with Gasteiger partial charge in [0.15, 0.2) is 0 Å². The van der Waals surface area contributed by atoms with Gasteiger partial charge in [0.05, 0.1) is 22.0 Å². The van der Waals surface area contributed by atoms with Crippen molar-refractivity contribution in [2.45, 2.75) is 6.92 Å². The van der Waals surface area contributed by atoms with Crippen LogP contribution in [-0.4, -0.2) is 21.0 Å². The number of carbonyl (C=O) groups is 1. The van der Waals surface area contributed by atoms with E-state index in [2.05, 4.69) is 15.1 Å². The second kappa shape index (κ2) is 8.00. The highest BCUT2D eigenvalue weighted by molar-refractivity contribution is 6.34. The Hall–Kier alpha value is -3.65. The molecule has 4 aromatic rings. The molecule has 2 heterocycles. The number of anilines is 2. The molecule has 0 N–H and O–H groups in total. The van der Waals surface area contributed by atoms with Crippen LogP contribution in [-0.2, 0) is 4.79 Å². The normalized spacial score (nSPS) is 10.8. The van der Waals surface area contributed by atoms with Gasteiger partial charge in [-0.05, 0) is 30.3 Å². The average molecular weight is 427 g/mol. The molecule has 0 bridgehead atoms. The molecule has 9 heteroatoms. The van der Waals surface area contributed by atoms with Crippen LogP contribution in [0.2, 0.25) is 5.02 Å². The lowest BCUT2D eigenvalue weighted by atomic mass is 10.0. The van der Waals surface area contributed by atoms with Crippen LogP contribution in [0.3, 0.4) is 0 Å². The van der Waals surface area contributed by atoms with E-state index < -0.39 is 17.5 Å². The molecule has 0 aliphatic heterocycles. The van der Waals surface area contributed by atoms with Gasteiger partial charge in [0, 0.05) is 24.8 Å². The van der Waals surface area contributed by atoms with Crippen molar-refractivity contribution in [3.63, 3.8) is 0 Å². The predicted molar refractivity (Wildman–Crippen MR) is 107 cm³/mol. The highest BCUT2D eigenvalue weighted by atomic mass is 35.5. The summed E-state index contributed by atoms with van der Waals surface area (Å²) in [5.41, 5.74) is 0.961. The summed E-state index contributed by atoms with van der Waals surface area (Å²) >= 11 is 6.29. The average Bonchev–Trinajstić information content (AvgIpc) is 3.14. The van der Waals surface area contributed by atoms with Gasteiger partial charge in [-0.2, -0.15) is 0 Å². The topological polar surface area (TPSA) is 72.1 Å². The van der Waals surface area contributed by atoms with E-state index in [9.17, 15) is 13.6 Å². The minimum absolute atomic E-state index is 0.00646. The summed E-state index contributed by atoms with van der Waals surface area (Å²) in [4.78, 5) is 21.9. The Bertz CT molecular complexity index is 1230. The molecule has 0 fully saturated rings. The first kappa shape index (κ1) is 19.7. The first-order valence-corrected chi connectivity index (χ1v) is 9.12. The van der Waals surface area contributed by atoms with Crippen LogP contribution in [0.1, 0.15) is 6.92 Å². The molecule has 4 rings (SSSR count). The van der Waals surface area contributed by atoms with E-state index in [1.165, 1.54) is 30.4 Å². The second-order valence-electron chi connectivity index (χ2n) is 6.24. The number of hydrogen-bond acceptors (Lipinski definition) is 5. The minimum atomic E-state index is -0.836. The smallest absolute Gasteiger partial charge is 0.248 e. The number of para-hydroxylation sites is 1. The molecule has 0 aliphatic carbocycles. The van der Waals surface area contributed by atoms with E-state index >= 15 is 0 Å². The lowest BCUT2D eigenvalue weighted by Crippen LogP contribution is -2.23. The SMILES string of the molecule is CC(=O)N(c1ccccc1Cl)c1onc(-c2ccc(F)cc2F)c1-c1ccncn1. The summed E-state index contributed by atoms with van der Waals surface area (Å²) in [6.45, 7) is 1.33.